The van der Waals surface area contributed by atoms with Gasteiger partial charge in [0, 0.05) is 23.0 Å². The third-order valence-corrected chi connectivity index (χ3v) is 4.79. The van der Waals surface area contributed by atoms with Gasteiger partial charge in [-0.25, -0.2) is 0 Å². The Balaban J connectivity index is 1.65. The number of anilines is 2. The fourth-order valence-corrected chi connectivity index (χ4v) is 3.18. The van der Waals surface area contributed by atoms with Crippen molar-refractivity contribution in [2.45, 2.75) is 25.8 Å². The van der Waals surface area contributed by atoms with Crippen molar-refractivity contribution in [3.8, 4) is 5.75 Å². The van der Waals surface area contributed by atoms with Crippen molar-refractivity contribution >= 4 is 23.2 Å². The highest BCUT2D eigenvalue weighted by Gasteiger charge is 2.24. The number of nitrogens with one attached hydrogen (secondary N) is 2. The molecule has 1 saturated heterocycles. The normalized spacial score (nSPS) is 15.2. The topological polar surface area (TPSA) is 70.7 Å². The molecule has 0 aromatic heterocycles. The molecule has 27 heavy (non-hydrogen) atoms. The second-order valence-corrected chi connectivity index (χ2v) is 6.68. The molecule has 0 bridgehead atoms. The van der Waals surface area contributed by atoms with Gasteiger partial charge in [0.05, 0.1) is 13.2 Å². The van der Waals surface area contributed by atoms with E-state index < -0.39 is 0 Å². The number of ether oxygens (including phenoxy) is 1. The average Bonchev–Trinajstić information content (AvgIpc) is 3.22. The Hall–Kier alpha value is -2.86. The number of hydrogen-bond acceptors (Lipinski definition) is 4. The van der Waals surface area contributed by atoms with Crippen molar-refractivity contribution in [3.63, 3.8) is 0 Å². The highest BCUT2D eigenvalue weighted by atomic mass is 16.5. The molecule has 0 aliphatic carbocycles. The molecule has 0 unspecified atom stereocenters. The van der Waals surface area contributed by atoms with Gasteiger partial charge in [0.1, 0.15) is 5.75 Å². The van der Waals surface area contributed by atoms with Crippen LogP contribution >= 0.6 is 0 Å². The van der Waals surface area contributed by atoms with Crippen LogP contribution in [0.1, 0.15) is 30.1 Å². The first-order valence-corrected chi connectivity index (χ1v) is 9.17. The molecular weight excluding hydrogens is 342 g/mol. The third kappa shape index (κ3) is 4.86. The van der Waals surface area contributed by atoms with Crippen molar-refractivity contribution in [2.24, 2.45) is 0 Å². The highest BCUT2D eigenvalue weighted by Crippen LogP contribution is 2.19. The molecule has 1 atom stereocenters. The predicted octanol–water partition coefficient (Wildman–Crippen LogP) is 3.37. The van der Waals surface area contributed by atoms with Crippen LogP contribution in [-0.2, 0) is 4.79 Å². The molecule has 142 valence electrons. The molecule has 2 aromatic carbocycles. The van der Waals surface area contributed by atoms with Gasteiger partial charge in [0.15, 0.2) is 0 Å². The summed E-state index contributed by atoms with van der Waals surface area (Å²) in [6, 6.07) is 13.9. The summed E-state index contributed by atoms with van der Waals surface area (Å²) >= 11 is 0. The summed E-state index contributed by atoms with van der Waals surface area (Å²) in [7, 11) is 1.58. The summed E-state index contributed by atoms with van der Waals surface area (Å²) in [4.78, 5) is 27.2. The Morgan fingerprint density at radius 1 is 1.00 bits per heavy atom. The maximum absolute atomic E-state index is 12.5. The molecular formula is C21H25N3O3. The summed E-state index contributed by atoms with van der Waals surface area (Å²) in [6.45, 7) is 3.83. The van der Waals surface area contributed by atoms with Crippen molar-refractivity contribution in [3.05, 3.63) is 54.1 Å². The monoisotopic (exact) mass is 367 g/mol. The van der Waals surface area contributed by atoms with Crippen LogP contribution < -0.4 is 15.4 Å². The zero-order chi connectivity index (χ0) is 19.2. The van der Waals surface area contributed by atoms with Crippen LogP contribution in [0.4, 0.5) is 11.4 Å². The summed E-state index contributed by atoms with van der Waals surface area (Å²) in [5.41, 5.74) is 1.74. The van der Waals surface area contributed by atoms with Gasteiger partial charge >= 0.3 is 0 Å². The lowest BCUT2D eigenvalue weighted by molar-refractivity contribution is -0.120. The number of amides is 2. The minimum Gasteiger partial charge on any atom is -0.497 e. The molecule has 0 spiro atoms. The van der Waals surface area contributed by atoms with Gasteiger partial charge < -0.3 is 15.4 Å². The Morgan fingerprint density at radius 3 is 2.37 bits per heavy atom. The number of nitrogens with zero attached hydrogens (tertiary/aromatic N) is 1. The van der Waals surface area contributed by atoms with Crippen molar-refractivity contribution in [1.82, 2.24) is 4.90 Å². The molecule has 1 aliphatic heterocycles. The van der Waals surface area contributed by atoms with E-state index in [4.69, 9.17) is 4.74 Å². The molecule has 1 fully saturated rings. The summed E-state index contributed by atoms with van der Waals surface area (Å²) < 4.78 is 5.17. The van der Waals surface area contributed by atoms with Crippen LogP contribution in [0.25, 0.3) is 0 Å². The maximum atomic E-state index is 12.5. The lowest BCUT2D eigenvalue weighted by Gasteiger charge is -2.22. The van der Waals surface area contributed by atoms with E-state index in [2.05, 4.69) is 15.5 Å². The Kier molecular flexibility index (Phi) is 6.08. The van der Waals surface area contributed by atoms with E-state index in [1.807, 2.05) is 19.1 Å². The molecule has 3 rings (SSSR count). The van der Waals surface area contributed by atoms with Gasteiger partial charge in [-0.1, -0.05) is 12.1 Å². The Bertz CT molecular complexity index is 816. The molecule has 1 aliphatic rings. The Morgan fingerprint density at radius 2 is 1.67 bits per heavy atom. The van der Waals surface area contributed by atoms with Gasteiger partial charge in [0.2, 0.25) is 5.91 Å². The van der Waals surface area contributed by atoms with E-state index in [1.165, 1.54) is 0 Å². The molecule has 0 radical (unpaired) electrons. The molecule has 1 heterocycles. The second kappa shape index (κ2) is 8.68. The van der Waals surface area contributed by atoms with Crippen LogP contribution in [0.2, 0.25) is 0 Å². The number of hydrogen-bond donors (Lipinski definition) is 2. The van der Waals surface area contributed by atoms with Crippen molar-refractivity contribution in [2.75, 3.05) is 30.8 Å². The lowest BCUT2D eigenvalue weighted by Crippen LogP contribution is -2.40. The number of likely N-dealkylation sites (tertiary alicyclic amines) is 1. The molecule has 2 aromatic rings. The third-order valence-electron chi connectivity index (χ3n) is 4.79. The number of methoxy groups -OCH3 is 1. The fourth-order valence-electron chi connectivity index (χ4n) is 3.18. The smallest absolute Gasteiger partial charge is 0.255 e. The first-order valence-electron chi connectivity index (χ1n) is 9.17. The standard InChI is InChI=1S/C21H25N3O3/c1-15(24-11-3-4-12-24)20(25)22-17-8-5-7-16(13-17)21(26)23-18-9-6-10-19(14-18)27-2/h5-10,13-15H,3-4,11-12H2,1-2H3,(H,22,25)(H,23,26)/t15-/m1/s1. The molecule has 6 heteroatoms. The van der Waals surface area contributed by atoms with Crippen LogP contribution in [0.5, 0.6) is 5.75 Å². The number of carbonyl (C=O) groups is 2. The van der Waals surface area contributed by atoms with Crippen molar-refractivity contribution in [1.29, 1.82) is 0 Å². The molecule has 6 nitrogen and oxygen atoms in total. The van der Waals surface area contributed by atoms with E-state index in [9.17, 15) is 9.59 Å². The molecule has 2 amide bonds. The van der Waals surface area contributed by atoms with Crippen LogP contribution in [0.15, 0.2) is 48.5 Å². The largest absolute Gasteiger partial charge is 0.497 e. The van der Waals surface area contributed by atoms with E-state index in [-0.39, 0.29) is 17.9 Å². The first-order chi connectivity index (χ1) is 13.1. The van der Waals surface area contributed by atoms with Gasteiger partial charge in [0.25, 0.3) is 5.91 Å². The first kappa shape index (κ1) is 18.9. The summed E-state index contributed by atoms with van der Waals surface area (Å²) in [6.07, 6.45) is 2.27. The molecule has 2 N–H and O–H groups in total. The summed E-state index contributed by atoms with van der Waals surface area (Å²) in [5.74, 6) is 0.374. The highest BCUT2D eigenvalue weighted by molar-refractivity contribution is 6.05. The zero-order valence-electron chi connectivity index (χ0n) is 15.7. The Labute approximate surface area is 159 Å². The minimum atomic E-state index is -0.244. The van der Waals surface area contributed by atoms with Crippen LogP contribution in [0.3, 0.4) is 0 Å². The minimum absolute atomic E-state index is 0.0535. The number of carbonyl (C=O) groups excluding carboxylic acids is 2. The van der Waals surface area contributed by atoms with E-state index >= 15 is 0 Å². The van der Waals surface area contributed by atoms with Crippen LogP contribution in [0, 0.1) is 0 Å². The SMILES string of the molecule is COc1cccc(NC(=O)c2cccc(NC(=O)[C@@H](C)N3CCCC3)c2)c1. The second-order valence-electron chi connectivity index (χ2n) is 6.68. The predicted molar refractivity (Wildman–Crippen MR) is 106 cm³/mol. The van der Waals surface area contributed by atoms with Gasteiger partial charge in [-0.3, -0.25) is 14.5 Å². The van der Waals surface area contributed by atoms with Crippen LogP contribution in [-0.4, -0.2) is 43.0 Å². The fraction of sp³-hybridized carbons (Fsp3) is 0.333. The number of rotatable bonds is 6. The van der Waals surface area contributed by atoms with E-state index in [0.717, 1.165) is 25.9 Å². The van der Waals surface area contributed by atoms with E-state index in [0.29, 0.717) is 22.7 Å². The van der Waals surface area contributed by atoms with Crippen molar-refractivity contribution < 1.29 is 14.3 Å². The van der Waals surface area contributed by atoms with Gasteiger partial charge in [-0.05, 0) is 63.2 Å². The quantitative estimate of drug-likeness (QED) is 0.821. The van der Waals surface area contributed by atoms with Gasteiger partial charge in [-0.15, -0.1) is 0 Å². The maximum Gasteiger partial charge on any atom is 0.255 e. The zero-order valence-corrected chi connectivity index (χ0v) is 15.7. The van der Waals surface area contributed by atoms with Gasteiger partial charge in [-0.2, -0.15) is 0 Å². The molecule has 0 saturated carbocycles. The number of benzene rings is 2. The lowest BCUT2D eigenvalue weighted by atomic mass is 10.1. The summed E-state index contributed by atoms with van der Waals surface area (Å²) in [5, 5.41) is 5.76. The van der Waals surface area contributed by atoms with E-state index in [1.54, 1.807) is 43.5 Å². The average molecular weight is 367 g/mol.